The summed E-state index contributed by atoms with van der Waals surface area (Å²) >= 11 is 7.38. The van der Waals surface area contributed by atoms with Gasteiger partial charge in [-0.2, -0.15) is 0 Å². The zero-order valence-electron chi connectivity index (χ0n) is 14.9. The molecule has 0 saturated carbocycles. The Kier molecular flexibility index (Phi) is 6.51. The molecule has 2 N–H and O–H groups in total. The van der Waals surface area contributed by atoms with E-state index in [1.165, 1.54) is 11.3 Å². The Hall–Kier alpha value is -1.63. The van der Waals surface area contributed by atoms with Crippen molar-refractivity contribution in [2.24, 2.45) is 11.7 Å². The number of carbonyl (C=O) groups excluding carboxylic acids is 1. The van der Waals surface area contributed by atoms with E-state index in [0.29, 0.717) is 24.0 Å². The van der Waals surface area contributed by atoms with Crippen molar-refractivity contribution in [3.8, 4) is 5.75 Å². The number of carbonyl (C=O) groups is 1. The van der Waals surface area contributed by atoms with Crippen LogP contribution in [-0.4, -0.2) is 34.9 Å². The minimum atomic E-state index is 0.126. The summed E-state index contributed by atoms with van der Waals surface area (Å²) in [7, 11) is 0. The standard InChI is InChI=1S/C19H24ClN3O2S/c1-13(21)14-3-2-8-23(10-14)19(24)9-16-12-26-18(22-16)11-25-17-6-4-15(20)5-7-17/h4-7,12-14H,2-3,8-11,21H2,1H3. The van der Waals surface area contributed by atoms with Gasteiger partial charge < -0.3 is 15.4 Å². The van der Waals surface area contributed by atoms with E-state index in [1.54, 1.807) is 12.1 Å². The number of nitrogens with two attached hydrogens (primary N) is 1. The molecule has 0 radical (unpaired) electrons. The number of amides is 1. The highest BCUT2D eigenvalue weighted by atomic mass is 35.5. The van der Waals surface area contributed by atoms with E-state index in [9.17, 15) is 4.79 Å². The zero-order valence-corrected chi connectivity index (χ0v) is 16.4. The topological polar surface area (TPSA) is 68.5 Å². The highest BCUT2D eigenvalue weighted by Gasteiger charge is 2.26. The minimum Gasteiger partial charge on any atom is -0.486 e. The molecule has 1 aromatic heterocycles. The Morgan fingerprint density at radius 3 is 2.96 bits per heavy atom. The number of thiazole rings is 1. The van der Waals surface area contributed by atoms with Crippen molar-refractivity contribution < 1.29 is 9.53 Å². The van der Waals surface area contributed by atoms with Crippen LogP contribution in [0.2, 0.25) is 5.02 Å². The van der Waals surface area contributed by atoms with Crippen LogP contribution < -0.4 is 10.5 Å². The Morgan fingerprint density at radius 2 is 2.23 bits per heavy atom. The first-order chi connectivity index (χ1) is 12.5. The van der Waals surface area contributed by atoms with Crippen molar-refractivity contribution in [2.45, 2.75) is 38.8 Å². The molecule has 7 heteroatoms. The van der Waals surface area contributed by atoms with Gasteiger partial charge in [-0.3, -0.25) is 4.79 Å². The first-order valence-corrected chi connectivity index (χ1v) is 10.1. The van der Waals surface area contributed by atoms with Gasteiger partial charge in [-0.05, 0) is 49.9 Å². The van der Waals surface area contributed by atoms with E-state index in [4.69, 9.17) is 22.1 Å². The normalized spacial score (nSPS) is 18.6. The van der Waals surface area contributed by atoms with E-state index in [1.807, 2.05) is 29.3 Å². The van der Waals surface area contributed by atoms with Crippen LogP contribution in [0.4, 0.5) is 0 Å². The first kappa shape index (κ1) is 19.1. The second kappa shape index (κ2) is 8.84. The Balaban J connectivity index is 1.51. The maximum absolute atomic E-state index is 12.6. The first-order valence-electron chi connectivity index (χ1n) is 8.86. The average molecular weight is 394 g/mol. The summed E-state index contributed by atoms with van der Waals surface area (Å²) in [6.45, 7) is 3.98. The predicted molar refractivity (Wildman–Crippen MR) is 105 cm³/mol. The number of rotatable bonds is 6. The number of aromatic nitrogens is 1. The molecule has 0 aliphatic carbocycles. The van der Waals surface area contributed by atoms with E-state index < -0.39 is 0 Å². The van der Waals surface area contributed by atoms with Crippen LogP contribution in [0.25, 0.3) is 0 Å². The number of nitrogens with zero attached hydrogens (tertiary/aromatic N) is 2. The van der Waals surface area contributed by atoms with Gasteiger partial charge >= 0.3 is 0 Å². The summed E-state index contributed by atoms with van der Waals surface area (Å²) in [5.41, 5.74) is 6.81. The smallest absolute Gasteiger partial charge is 0.228 e. The number of hydrogen-bond donors (Lipinski definition) is 1. The Morgan fingerprint density at radius 1 is 1.46 bits per heavy atom. The van der Waals surface area contributed by atoms with Gasteiger partial charge in [0.1, 0.15) is 17.4 Å². The lowest BCUT2D eigenvalue weighted by Gasteiger charge is -2.34. The molecular formula is C19H24ClN3O2S. The second-order valence-corrected chi connectivity index (χ2v) is 8.13. The van der Waals surface area contributed by atoms with Crippen LogP contribution >= 0.6 is 22.9 Å². The molecule has 1 aromatic carbocycles. The van der Waals surface area contributed by atoms with E-state index in [-0.39, 0.29) is 11.9 Å². The van der Waals surface area contributed by atoms with Crippen molar-refractivity contribution in [2.75, 3.05) is 13.1 Å². The van der Waals surface area contributed by atoms with Crippen molar-refractivity contribution in [3.63, 3.8) is 0 Å². The van der Waals surface area contributed by atoms with E-state index in [0.717, 1.165) is 42.4 Å². The van der Waals surface area contributed by atoms with Crippen molar-refractivity contribution in [1.29, 1.82) is 0 Å². The quantitative estimate of drug-likeness (QED) is 0.815. The third-order valence-corrected chi connectivity index (χ3v) is 5.78. The summed E-state index contributed by atoms with van der Waals surface area (Å²) in [5, 5.41) is 3.47. The van der Waals surface area contributed by atoms with Gasteiger partial charge in [0, 0.05) is 29.5 Å². The summed E-state index contributed by atoms with van der Waals surface area (Å²) in [6.07, 6.45) is 2.46. The van der Waals surface area contributed by atoms with Crippen LogP contribution in [0.1, 0.15) is 30.5 Å². The largest absolute Gasteiger partial charge is 0.486 e. The van der Waals surface area contributed by atoms with Gasteiger partial charge in [0.2, 0.25) is 5.91 Å². The molecule has 1 saturated heterocycles. The van der Waals surface area contributed by atoms with Crippen LogP contribution in [0.3, 0.4) is 0 Å². The fraction of sp³-hybridized carbons (Fsp3) is 0.474. The van der Waals surface area contributed by atoms with E-state index >= 15 is 0 Å². The SMILES string of the molecule is CC(N)C1CCCN(C(=O)Cc2csc(COc3ccc(Cl)cc3)n2)C1. The third kappa shape index (κ3) is 5.19. The molecule has 140 valence electrons. The number of halogens is 1. The number of likely N-dealkylation sites (tertiary alicyclic amines) is 1. The molecule has 1 amide bonds. The lowest BCUT2D eigenvalue weighted by atomic mass is 9.92. The molecule has 2 aromatic rings. The van der Waals surface area contributed by atoms with Gasteiger partial charge in [0.05, 0.1) is 12.1 Å². The van der Waals surface area contributed by atoms with Crippen LogP contribution in [-0.2, 0) is 17.8 Å². The predicted octanol–water partition coefficient (Wildman–Crippen LogP) is 3.50. The molecule has 1 aliphatic rings. The fourth-order valence-corrected chi connectivity index (χ4v) is 3.94. The molecule has 5 nitrogen and oxygen atoms in total. The highest BCUT2D eigenvalue weighted by molar-refractivity contribution is 7.09. The number of piperidine rings is 1. The minimum absolute atomic E-state index is 0.126. The monoisotopic (exact) mass is 393 g/mol. The average Bonchev–Trinajstić information content (AvgIpc) is 3.08. The molecule has 2 unspecified atom stereocenters. The Labute approximate surface area is 163 Å². The fourth-order valence-electron chi connectivity index (χ4n) is 3.10. The number of benzene rings is 1. The maximum atomic E-state index is 12.6. The number of hydrogen-bond acceptors (Lipinski definition) is 5. The lowest BCUT2D eigenvalue weighted by molar-refractivity contribution is -0.132. The summed E-state index contributed by atoms with van der Waals surface area (Å²) < 4.78 is 5.70. The molecule has 3 rings (SSSR count). The molecule has 26 heavy (non-hydrogen) atoms. The third-order valence-electron chi connectivity index (χ3n) is 4.66. The molecule has 1 fully saturated rings. The van der Waals surface area contributed by atoms with Crippen LogP contribution in [0.15, 0.2) is 29.6 Å². The number of ether oxygens (including phenoxy) is 1. The van der Waals surface area contributed by atoms with E-state index in [2.05, 4.69) is 4.98 Å². The van der Waals surface area contributed by atoms with Gasteiger partial charge in [-0.15, -0.1) is 11.3 Å². The summed E-state index contributed by atoms with van der Waals surface area (Å²) in [4.78, 5) is 19.0. The van der Waals surface area contributed by atoms with Gasteiger partial charge in [0.15, 0.2) is 0 Å². The van der Waals surface area contributed by atoms with Gasteiger partial charge in [-0.25, -0.2) is 4.98 Å². The summed E-state index contributed by atoms with van der Waals surface area (Å²) in [5.74, 6) is 1.27. The highest BCUT2D eigenvalue weighted by Crippen LogP contribution is 2.21. The van der Waals surface area contributed by atoms with Gasteiger partial charge in [-0.1, -0.05) is 11.6 Å². The molecule has 0 spiro atoms. The molecular weight excluding hydrogens is 370 g/mol. The van der Waals surface area contributed by atoms with Crippen molar-refractivity contribution in [3.05, 3.63) is 45.4 Å². The maximum Gasteiger partial charge on any atom is 0.228 e. The van der Waals surface area contributed by atoms with Crippen molar-refractivity contribution in [1.82, 2.24) is 9.88 Å². The second-order valence-electron chi connectivity index (χ2n) is 6.75. The molecule has 1 aliphatic heterocycles. The van der Waals surface area contributed by atoms with Crippen LogP contribution in [0.5, 0.6) is 5.75 Å². The van der Waals surface area contributed by atoms with Crippen molar-refractivity contribution >= 4 is 28.8 Å². The summed E-state index contributed by atoms with van der Waals surface area (Å²) in [6, 6.07) is 7.35. The Bertz CT molecular complexity index is 733. The van der Waals surface area contributed by atoms with Gasteiger partial charge in [0.25, 0.3) is 0 Å². The lowest BCUT2D eigenvalue weighted by Crippen LogP contribution is -2.45. The zero-order chi connectivity index (χ0) is 18.5. The molecule has 2 atom stereocenters. The molecule has 0 bridgehead atoms. The van der Waals surface area contributed by atoms with Crippen LogP contribution in [0, 0.1) is 5.92 Å². The molecule has 2 heterocycles.